The summed E-state index contributed by atoms with van der Waals surface area (Å²) in [5.41, 5.74) is 1.11. The second kappa shape index (κ2) is 7.72. The van der Waals surface area contributed by atoms with Crippen molar-refractivity contribution in [1.29, 1.82) is 0 Å². The van der Waals surface area contributed by atoms with E-state index in [0.717, 1.165) is 50.9 Å². The molecule has 1 aliphatic heterocycles. The van der Waals surface area contributed by atoms with Crippen molar-refractivity contribution in [2.45, 2.75) is 57.5 Å². The molecule has 2 nitrogen and oxygen atoms in total. The molecular weight excluding hydrogens is 367 g/mol. The fraction of sp³-hybridized carbons (Fsp3) is 0.684. The summed E-state index contributed by atoms with van der Waals surface area (Å²) < 4.78 is 5.62. The minimum absolute atomic E-state index is 0. The Morgan fingerprint density at radius 2 is 1.96 bits per heavy atom. The van der Waals surface area contributed by atoms with Crippen LogP contribution in [0, 0.1) is 11.3 Å². The number of aliphatic hydroxyl groups excluding tert-OH is 1. The number of benzene rings is 1. The van der Waals surface area contributed by atoms with Crippen molar-refractivity contribution in [3.8, 4) is 0 Å². The summed E-state index contributed by atoms with van der Waals surface area (Å²) in [6.07, 6.45) is 4.73. The molecule has 1 heterocycles. The van der Waals surface area contributed by atoms with Crippen LogP contribution in [0.5, 0.6) is 0 Å². The van der Waals surface area contributed by atoms with E-state index in [0.29, 0.717) is 16.0 Å². The maximum atomic E-state index is 11.1. The third-order valence-corrected chi connectivity index (χ3v) is 6.81. The van der Waals surface area contributed by atoms with Gasteiger partial charge in [0.2, 0.25) is 0 Å². The number of aliphatic hydroxyl groups is 1. The van der Waals surface area contributed by atoms with Gasteiger partial charge in [-0.15, -0.1) is 0 Å². The predicted molar refractivity (Wildman–Crippen MR) is 95.3 cm³/mol. The molecule has 1 saturated carbocycles. The van der Waals surface area contributed by atoms with Crippen LogP contribution < -0.4 is 12.4 Å². The molecule has 0 radical (unpaired) electrons. The topological polar surface area (TPSA) is 29.5 Å². The van der Waals surface area contributed by atoms with E-state index in [1.807, 2.05) is 18.2 Å². The van der Waals surface area contributed by atoms with E-state index in [2.05, 4.69) is 13.8 Å². The summed E-state index contributed by atoms with van der Waals surface area (Å²) in [5, 5.41) is 12.3. The third kappa shape index (κ3) is 3.73. The first-order chi connectivity index (χ1) is 10.8. The van der Waals surface area contributed by atoms with Crippen LogP contribution in [0.4, 0.5) is 0 Å². The van der Waals surface area contributed by atoms with Crippen molar-refractivity contribution in [3.63, 3.8) is 0 Å². The Labute approximate surface area is 161 Å². The van der Waals surface area contributed by atoms with Crippen LogP contribution in [-0.4, -0.2) is 24.4 Å². The standard InChI is InChI=1S/C19H26Cl2O2.ClH/c1-18(2)12-23-9-6-13(18)11-17(22)19(7-3-8-19)14-4-5-15(20)16(21)10-14;/h4-5,10,13,17,22H,3,6-9,11-12H2,1-2H3;1H/p-1. The van der Waals surface area contributed by atoms with Gasteiger partial charge in [-0.25, -0.2) is 0 Å². The Bertz CT molecular complexity index is 570. The maximum absolute atomic E-state index is 11.1. The summed E-state index contributed by atoms with van der Waals surface area (Å²) in [6, 6.07) is 5.83. The van der Waals surface area contributed by atoms with Gasteiger partial charge in [-0.3, -0.25) is 0 Å². The van der Waals surface area contributed by atoms with Gasteiger partial charge in [0, 0.05) is 12.0 Å². The molecule has 0 aromatic heterocycles. The maximum Gasteiger partial charge on any atom is 0.0639 e. The lowest BCUT2D eigenvalue weighted by Gasteiger charge is -2.49. The molecule has 1 aromatic rings. The highest BCUT2D eigenvalue weighted by molar-refractivity contribution is 6.42. The van der Waals surface area contributed by atoms with Crippen molar-refractivity contribution in [3.05, 3.63) is 33.8 Å². The van der Waals surface area contributed by atoms with Crippen LogP contribution in [0.3, 0.4) is 0 Å². The van der Waals surface area contributed by atoms with Crippen LogP contribution in [-0.2, 0) is 10.2 Å². The summed E-state index contributed by atoms with van der Waals surface area (Å²) in [5.74, 6) is 0.492. The van der Waals surface area contributed by atoms with Gasteiger partial charge in [-0.2, -0.15) is 0 Å². The number of ether oxygens (including phenoxy) is 1. The SMILES string of the molecule is CC1(C)COCCC1CC(O)C1(c2ccc(Cl)c(Cl)c2)CCC1.[Cl-]. The molecule has 1 aromatic carbocycles. The molecule has 1 saturated heterocycles. The van der Waals surface area contributed by atoms with E-state index in [9.17, 15) is 5.11 Å². The Kier molecular flexibility index (Phi) is 6.53. The van der Waals surface area contributed by atoms with Crippen LogP contribution in [0.1, 0.15) is 51.5 Å². The second-order valence-corrected chi connectivity index (χ2v) is 8.73. The van der Waals surface area contributed by atoms with Gasteiger partial charge in [0.05, 0.1) is 22.8 Å². The van der Waals surface area contributed by atoms with Crippen molar-refractivity contribution >= 4 is 23.2 Å². The molecule has 2 unspecified atom stereocenters. The summed E-state index contributed by atoms with van der Waals surface area (Å²) in [4.78, 5) is 0. The van der Waals surface area contributed by atoms with E-state index in [4.69, 9.17) is 27.9 Å². The Hall–Kier alpha value is 0.01000. The first kappa shape index (κ1) is 20.3. The molecule has 3 rings (SSSR count). The van der Waals surface area contributed by atoms with Crippen molar-refractivity contribution in [2.24, 2.45) is 11.3 Å². The Balaban J connectivity index is 0.00000208. The molecule has 0 amide bonds. The number of halogens is 3. The van der Waals surface area contributed by atoms with Crippen LogP contribution in [0.25, 0.3) is 0 Å². The summed E-state index contributed by atoms with van der Waals surface area (Å²) >= 11 is 12.3. The highest BCUT2D eigenvalue weighted by Crippen LogP contribution is 2.50. The van der Waals surface area contributed by atoms with E-state index < -0.39 is 0 Å². The molecule has 24 heavy (non-hydrogen) atoms. The summed E-state index contributed by atoms with van der Waals surface area (Å²) in [7, 11) is 0. The molecule has 0 bridgehead atoms. The minimum atomic E-state index is -0.337. The molecular formula is C19H26Cl3O2-. The zero-order valence-corrected chi connectivity index (χ0v) is 16.6. The molecule has 136 valence electrons. The minimum Gasteiger partial charge on any atom is -1.00 e. The van der Waals surface area contributed by atoms with Crippen LogP contribution in [0.2, 0.25) is 10.0 Å². The molecule has 1 aliphatic carbocycles. The normalized spacial score (nSPS) is 26.1. The van der Waals surface area contributed by atoms with Gasteiger partial charge in [0.25, 0.3) is 0 Å². The van der Waals surface area contributed by atoms with Crippen molar-refractivity contribution < 1.29 is 22.3 Å². The van der Waals surface area contributed by atoms with Gasteiger partial charge in [-0.05, 0) is 54.7 Å². The van der Waals surface area contributed by atoms with Crippen molar-refractivity contribution in [2.75, 3.05) is 13.2 Å². The number of rotatable bonds is 4. The van der Waals surface area contributed by atoms with Gasteiger partial charge < -0.3 is 22.3 Å². The van der Waals surface area contributed by atoms with E-state index in [-0.39, 0.29) is 29.3 Å². The van der Waals surface area contributed by atoms with E-state index >= 15 is 0 Å². The molecule has 2 fully saturated rings. The Morgan fingerprint density at radius 3 is 2.50 bits per heavy atom. The lowest BCUT2D eigenvalue weighted by molar-refractivity contribution is -0.0657. The van der Waals surface area contributed by atoms with Crippen molar-refractivity contribution in [1.82, 2.24) is 0 Å². The van der Waals surface area contributed by atoms with Crippen LogP contribution in [0.15, 0.2) is 18.2 Å². The van der Waals surface area contributed by atoms with E-state index in [1.54, 1.807) is 0 Å². The highest BCUT2D eigenvalue weighted by Gasteiger charge is 2.47. The first-order valence-corrected chi connectivity index (χ1v) is 9.32. The Morgan fingerprint density at radius 1 is 1.25 bits per heavy atom. The second-order valence-electron chi connectivity index (χ2n) is 7.92. The monoisotopic (exact) mass is 391 g/mol. The van der Waals surface area contributed by atoms with Gasteiger partial charge >= 0.3 is 0 Å². The average Bonchev–Trinajstić information content (AvgIpc) is 2.44. The van der Waals surface area contributed by atoms with Gasteiger partial charge in [0.1, 0.15) is 0 Å². The van der Waals surface area contributed by atoms with Gasteiger partial charge in [-0.1, -0.05) is 49.5 Å². The first-order valence-electron chi connectivity index (χ1n) is 8.56. The van der Waals surface area contributed by atoms with Gasteiger partial charge in [0.15, 0.2) is 0 Å². The lowest BCUT2D eigenvalue weighted by Crippen LogP contribution is -3.00. The zero-order chi connectivity index (χ0) is 16.7. The fourth-order valence-corrected chi connectivity index (χ4v) is 4.48. The highest BCUT2D eigenvalue weighted by atomic mass is 35.5. The molecule has 5 heteroatoms. The number of hydrogen-bond donors (Lipinski definition) is 1. The molecule has 2 atom stereocenters. The van der Waals surface area contributed by atoms with Crippen LogP contribution >= 0.6 is 23.2 Å². The zero-order valence-electron chi connectivity index (χ0n) is 14.3. The predicted octanol–water partition coefficient (Wildman–Crippen LogP) is 2.23. The quantitative estimate of drug-likeness (QED) is 0.851. The lowest BCUT2D eigenvalue weighted by atomic mass is 9.58. The van der Waals surface area contributed by atoms with E-state index in [1.165, 1.54) is 0 Å². The third-order valence-electron chi connectivity index (χ3n) is 6.08. The molecule has 1 N–H and O–H groups in total. The average molecular weight is 393 g/mol. The smallest absolute Gasteiger partial charge is 0.0639 e. The largest absolute Gasteiger partial charge is 1.00 e. The fourth-order valence-electron chi connectivity index (χ4n) is 4.18. The molecule has 2 aliphatic rings. The summed E-state index contributed by atoms with van der Waals surface area (Å²) in [6.45, 7) is 6.08. The number of hydrogen-bond acceptors (Lipinski definition) is 2. The molecule has 0 spiro atoms.